The zero-order valence-electron chi connectivity index (χ0n) is 7.12. The number of hydrogen-bond donors (Lipinski definition) is 0. The molecule has 1 saturated heterocycles. The van der Waals surface area contributed by atoms with E-state index in [-0.39, 0.29) is 24.5 Å². The zero-order valence-corrected chi connectivity index (χ0v) is 7.12. The maximum atomic E-state index is 11.1. The number of ether oxygens (including phenoxy) is 2. The van der Waals surface area contributed by atoms with Gasteiger partial charge in [-0.15, -0.1) is 0 Å². The molecule has 2 rings (SSSR count). The molecule has 0 aromatic rings. The van der Waals surface area contributed by atoms with Crippen LogP contribution in [0, 0.1) is 0 Å². The molecule has 4 nitrogen and oxygen atoms in total. The van der Waals surface area contributed by atoms with Crippen LogP contribution in [0.25, 0.3) is 0 Å². The van der Waals surface area contributed by atoms with Crippen molar-refractivity contribution in [2.75, 3.05) is 13.2 Å². The van der Waals surface area contributed by atoms with E-state index in [9.17, 15) is 9.59 Å². The fourth-order valence-corrected chi connectivity index (χ4v) is 1.50. The summed E-state index contributed by atoms with van der Waals surface area (Å²) in [4.78, 5) is 21.8. The van der Waals surface area contributed by atoms with Crippen molar-refractivity contribution < 1.29 is 19.1 Å². The number of hydrogen-bond acceptors (Lipinski definition) is 4. The highest BCUT2D eigenvalue weighted by atomic mass is 16.5. The Bertz CT molecular complexity index is 279. The first-order chi connectivity index (χ1) is 6.25. The molecule has 0 radical (unpaired) electrons. The maximum absolute atomic E-state index is 11.1. The molecule has 1 unspecified atom stereocenters. The molecular weight excluding hydrogens is 172 g/mol. The molecule has 70 valence electrons. The molecule has 0 spiro atoms. The predicted molar refractivity (Wildman–Crippen MR) is 43.0 cm³/mol. The van der Waals surface area contributed by atoms with Crippen molar-refractivity contribution in [2.24, 2.45) is 0 Å². The first-order valence-corrected chi connectivity index (χ1v) is 4.26. The second kappa shape index (κ2) is 3.30. The lowest BCUT2D eigenvalue weighted by molar-refractivity contribution is -0.135. The van der Waals surface area contributed by atoms with Gasteiger partial charge >= 0.3 is 5.97 Å². The van der Waals surface area contributed by atoms with Crippen molar-refractivity contribution in [1.82, 2.24) is 0 Å². The molecule has 0 N–H and O–H groups in total. The van der Waals surface area contributed by atoms with Crippen molar-refractivity contribution in [3.63, 3.8) is 0 Å². The summed E-state index contributed by atoms with van der Waals surface area (Å²) >= 11 is 0. The second-order valence-corrected chi connectivity index (χ2v) is 3.18. The molecule has 13 heavy (non-hydrogen) atoms. The van der Waals surface area contributed by atoms with Crippen LogP contribution in [-0.2, 0) is 19.1 Å². The van der Waals surface area contributed by atoms with Gasteiger partial charge in [0.25, 0.3) is 0 Å². The van der Waals surface area contributed by atoms with Crippen molar-refractivity contribution in [3.8, 4) is 0 Å². The van der Waals surface area contributed by atoms with Gasteiger partial charge in [0.1, 0.15) is 12.4 Å². The van der Waals surface area contributed by atoms with Crippen LogP contribution in [0.4, 0.5) is 0 Å². The Morgan fingerprint density at radius 3 is 2.85 bits per heavy atom. The highest BCUT2D eigenvalue weighted by Gasteiger charge is 2.27. The Labute approximate surface area is 75.5 Å². The standard InChI is InChI=1S/C9H10O4/c10-7-1-2-12-8(4-7)6-3-9(11)13-5-6/h3,8H,1-2,4-5H2. The molecule has 2 aliphatic heterocycles. The summed E-state index contributed by atoms with van der Waals surface area (Å²) in [6.07, 6.45) is 2.05. The van der Waals surface area contributed by atoms with Crippen LogP contribution >= 0.6 is 0 Å². The van der Waals surface area contributed by atoms with Gasteiger partial charge in [0.2, 0.25) is 0 Å². The van der Waals surface area contributed by atoms with Crippen molar-refractivity contribution in [2.45, 2.75) is 18.9 Å². The number of cyclic esters (lactones) is 1. The summed E-state index contributed by atoms with van der Waals surface area (Å²) in [5.41, 5.74) is 0.790. The fraction of sp³-hybridized carbons (Fsp3) is 0.556. The summed E-state index contributed by atoms with van der Waals surface area (Å²) in [7, 11) is 0. The number of carbonyl (C=O) groups is 2. The molecule has 0 bridgehead atoms. The first-order valence-electron chi connectivity index (χ1n) is 4.26. The fourth-order valence-electron chi connectivity index (χ4n) is 1.50. The van der Waals surface area contributed by atoms with Gasteiger partial charge in [0, 0.05) is 24.5 Å². The minimum atomic E-state index is -0.336. The van der Waals surface area contributed by atoms with E-state index in [1.54, 1.807) is 0 Å². The van der Waals surface area contributed by atoms with E-state index in [2.05, 4.69) is 0 Å². The number of carbonyl (C=O) groups excluding carboxylic acids is 2. The lowest BCUT2D eigenvalue weighted by Gasteiger charge is -2.21. The van der Waals surface area contributed by atoms with Gasteiger partial charge in [-0.1, -0.05) is 0 Å². The Morgan fingerprint density at radius 1 is 1.38 bits per heavy atom. The topological polar surface area (TPSA) is 52.6 Å². The average molecular weight is 182 g/mol. The minimum absolute atomic E-state index is 0.191. The number of rotatable bonds is 1. The van der Waals surface area contributed by atoms with Crippen LogP contribution in [0.3, 0.4) is 0 Å². The van der Waals surface area contributed by atoms with Crippen molar-refractivity contribution >= 4 is 11.8 Å². The van der Waals surface area contributed by atoms with E-state index < -0.39 is 0 Å². The molecule has 0 saturated carbocycles. The van der Waals surface area contributed by atoms with Gasteiger partial charge in [-0.25, -0.2) is 4.79 Å². The summed E-state index contributed by atoms with van der Waals surface area (Å²) in [6.45, 7) is 0.728. The van der Waals surface area contributed by atoms with Gasteiger partial charge in [0.15, 0.2) is 0 Å². The molecule has 0 aromatic heterocycles. The second-order valence-electron chi connectivity index (χ2n) is 3.18. The van der Waals surface area contributed by atoms with E-state index >= 15 is 0 Å². The molecule has 0 aromatic carbocycles. The lowest BCUT2D eigenvalue weighted by atomic mass is 10.0. The normalized spacial score (nSPS) is 28.6. The quantitative estimate of drug-likeness (QED) is 0.544. The van der Waals surface area contributed by atoms with E-state index in [1.807, 2.05) is 0 Å². The third-order valence-corrected chi connectivity index (χ3v) is 2.21. The Morgan fingerprint density at radius 2 is 2.23 bits per heavy atom. The predicted octanol–water partition coefficient (Wildman–Crippen LogP) is 0.218. The summed E-state index contributed by atoms with van der Waals surface area (Å²) in [5.74, 6) is -0.145. The monoisotopic (exact) mass is 182 g/mol. The van der Waals surface area contributed by atoms with E-state index in [0.717, 1.165) is 5.57 Å². The molecule has 1 atom stereocenters. The van der Waals surface area contributed by atoms with Gasteiger partial charge in [-0.05, 0) is 0 Å². The van der Waals surface area contributed by atoms with Crippen LogP contribution in [0.15, 0.2) is 11.6 Å². The third kappa shape index (κ3) is 1.78. The lowest BCUT2D eigenvalue weighted by Crippen LogP contribution is -2.27. The largest absolute Gasteiger partial charge is 0.458 e. The molecular formula is C9H10O4. The number of Topliss-reactive ketones (excluding diaryl/α,β-unsaturated/α-hetero) is 1. The van der Waals surface area contributed by atoms with Crippen LogP contribution in [0.1, 0.15) is 12.8 Å². The number of esters is 1. The highest BCUT2D eigenvalue weighted by Crippen LogP contribution is 2.20. The number of ketones is 1. The highest BCUT2D eigenvalue weighted by molar-refractivity contribution is 5.86. The minimum Gasteiger partial charge on any atom is -0.458 e. The molecule has 0 aliphatic carbocycles. The van der Waals surface area contributed by atoms with Gasteiger partial charge in [-0.3, -0.25) is 4.79 Å². The summed E-state index contributed by atoms with van der Waals surface area (Å²) < 4.78 is 10.1. The van der Waals surface area contributed by atoms with E-state index in [1.165, 1.54) is 6.08 Å². The van der Waals surface area contributed by atoms with Crippen molar-refractivity contribution in [1.29, 1.82) is 0 Å². The van der Waals surface area contributed by atoms with E-state index in [4.69, 9.17) is 9.47 Å². The Balaban J connectivity index is 2.04. The SMILES string of the molecule is O=C1CCOC(C2=CC(=O)OC2)C1. The molecule has 0 amide bonds. The van der Waals surface area contributed by atoms with Crippen molar-refractivity contribution in [3.05, 3.63) is 11.6 Å². The molecule has 4 heteroatoms. The van der Waals surface area contributed by atoms with Crippen LogP contribution in [0.5, 0.6) is 0 Å². The smallest absolute Gasteiger partial charge is 0.331 e. The summed E-state index contributed by atoms with van der Waals surface area (Å²) in [6, 6.07) is 0. The average Bonchev–Trinajstić information content (AvgIpc) is 2.52. The maximum Gasteiger partial charge on any atom is 0.331 e. The molecule has 2 heterocycles. The molecule has 2 aliphatic rings. The van der Waals surface area contributed by atoms with Gasteiger partial charge < -0.3 is 9.47 Å². The zero-order chi connectivity index (χ0) is 9.26. The van der Waals surface area contributed by atoms with Crippen LogP contribution in [-0.4, -0.2) is 31.1 Å². The van der Waals surface area contributed by atoms with Gasteiger partial charge in [0.05, 0.1) is 12.7 Å². The summed E-state index contributed by atoms with van der Waals surface area (Å²) in [5, 5.41) is 0. The Hall–Kier alpha value is -1.16. The van der Waals surface area contributed by atoms with Gasteiger partial charge in [-0.2, -0.15) is 0 Å². The van der Waals surface area contributed by atoms with Crippen LogP contribution < -0.4 is 0 Å². The molecule has 1 fully saturated rings. The van der Waals surface area contributed by atoms with E-state index in [0.29, 0.717) is 19.4 Å². The Kier molecular flexibility index (Phi) is 2.14. The first kappa shape index (κ1) is 8.44. The van der Waals surface area contributed by atoms with Crippen LogP contribution in [0.2, 0.25) is 0 Å². The third-order valence-electron chi connectivity index (χ3n) is 2.21.